The van der Waals surface area contributed by atoms with Gasteiger partial charge in [-0.25, -0.2) is 4.79 Å². The third-order valence-corrected chi connectivity index (χ3v) is 2.56. The topological polar surface area (TPSA) is 55.8 Å². The van der Waals surface area contributed by atoms with Crippen LogP contribution >= 0.6 is 0 Å². The van der Waals surface area contributed by atoms with Crippen LogP contribution in [-0.2, 0) is 9.53 Å². The number of likely N-dealkylation sites (N-methyl/N-ethyl adjacent to an activating group) is 1. The summed E-state index contributed by atoms with van der Waals surface area (Å²) in [6, 6.07) is 5.05. The van der Waals surface area contributed by atoms with Crippen molar-refractivity contribution in [3.05, 3.63) is 23.8 Å². The summed E-state index contributed by atoms with van der Waals surface area (Å²) in [6.45, 7) is 2.02. The number of carbonyl (C=O) groups excluding carboxylic acids is 2. The van der Waals surface area contributed by atoms with Crippen LogP contribution in [0.2, 0.25) is 0 Å². The number of fused-ring (bicyclic) bond motifs is 1. The summed E-state index contributed by atoms with van der Waals surface area (Å²) < 4.78 is 10.2. The molecule has 0 spiro atoms. The van der Waals surface area contributed by atoms with Gasteiger partial charge in [-0.15, -0.1) is 0 Å². The Balaban J connectivity index is 2.48. The van der Waals surface area contributed by atoms with E-state index < -0.39 is 5.97 Å². The highest BCUT2D eigenvalue weighted by atomic mass is 16.5. The number of anilines is 1. The Bertz CT molecular complexity index is 470. The van der Waals surface area contributed by atoms with Crippen molar-refractivity contribution in [1.82, 2.24) is 0 Å². The maximum atomic E-state index is 11.8. The lowest BCUT2D eigenvalue weighted by Gasteiger charge is -2.27. The predicted molar refractivity (Wildman–Crippen MR) is 61.3 cm³/mol. The van der Waals surface area contributed by atoms with Crippen LogP contribution in [0.1, 0.15) is 17.3 Å². The SMILES string of the molecule is CCOC(=O)c1cccc2c1N(C)C(=O)CO2. The van der Waals surface area contributed by atoms with E-state index in [1.165, 1.54) is 4.90 Å². The lowest BCUT2D eigenvalue weighted by Crippen LogP contribution is -2.36. The van der Waals surface area contributed by atoms with Gasteiger partial charge in [0.25, 0.3) is 5.91 Å². The molecule has 2 rings (SSSR count). The van der Waals surface area contributed by atoms with Crippen LogP contribution in [0.3, 0.4) is 0 Å². The van der Waals surface area contributed by atoms with E-state index >= 15 is 0 Å². The molecule has 0 radical (unpaired) electrons. The first-order valence-corrected chi connectivity index (χ1v) is 5.34. The maximum absolute atomic E-state index is 11.8. The van der Waals surface area contributed by atoms with Crippen LogP contribution in [0.4, 0.5) is 5.69 Å². The average Bonchev–Trinajstić information content (AvgIpc) is 2.33. The van der Waals surface area contributed by atoms with Crippen molar-refractivity contribution in [3.63, 3.8) is 0 Å². The van der Waals surface area contributed by atoms with Crippen LogP contribution in [0.5, 0.6) is 5.75 Å². The van der Waals surface area contributed by atoms with E-state index in [4.69, 9.17) is 9.47 Å². The number of esters is 1. The normalized spacial score (nSPS) is 14.0. The summed E-state index contributed by atoms with van der Waals surface area (Å²) in [6.07, 6.45) is 0. The Labute approximate surface area is 98.9 Å². The summed E-state index contributed by atoms with van der Waals surface area (Å²) in [5.41, 5.74) is 0.821. The lowest BCUT2D eigenvalue weighted by atomic mass is 10.1. The van der Waals surface area contributed by atoms with Crippen molar-refractivity contribution in [2.24, 2.45) is 0 Å². The molecular weight excluding hydrogens is 222 g/mol. The molecule has 5 heteroatoms. The zero-order chi connectivity index (χ0) is 12.4. The molecular formula is C12H13NO4. The van der Waals surface area contributed by atoms with Gasteiger partial charge in [0.05, 0.1) is 12.2 Å². The van der Waals surface area contributed by atoms with Gasteiger partial charge in [0.2, 0.25) is 0 Å². The molecule has 90 valence electrons. The Morgan fingerprint density at radius 2 is 2.29 bits per heavy atom. The third kappa shape index (κ3) is 1.95. The lowest BCUT2D eigenvalue weighted by molar-refractivity contribution is -0.120. The number of carbonyl (C=O) groups is 2. The van der Waals surface area contributed by atoms with Gasteiger partial charge in [-0.05, 0) is 19.1 Å². The summed E-state index contributed by atoms with van der Waals surface area (Å²) in [5, 5.41) is 0. The van der Waals surface area contributed by atoms with E-state index in [2.05, 4.69) is 0 Å². The maximum Gasteiger partial charge on any atom is 0.340 e. The quantitative estimate of drug-likeness (QED) is 0.723. The van der Waals surface area contributed by atoms with E-state index in [9.17, 15) is 9.59 Å². The van der Waals surface area contributed by atoms with Crippen LogP contribution in [0.15, 0.2) is 18.2 Å². The molecule has 1 heterocycles. The van der Waals surface area contributed by atoms with Crippen LogP contribution in [-0.4, -0.2) is 32.1 Å². The molecule has 1 aromatic carbocycles. The fourth-order valence-corrected chi connectivity index (χ4v) is 1.72. The van der Waals surface area contributed by atoms with Gasteiger partial charge in [0.15, 0.2) is 6.61 Å². The van der Waals surface area contributed by atoms with Crippen LogP contribution in [0.25, 0.3) is 0 Å². The second-order valence-electron chi connectivity index (χ2n) is 3.61. The molecule has 1 aliphatic rings. The minimum absolute atomic E-state index is 0.00419. The van der Waals surface area contributed by atoms with E-state index in [0.29, 0.717) is 23.6 Å². The zero-order valence-electron chi connectivity index (χ0n) is 9.73. The van der Waals surface area contributed by atoms with Crippen molar-refractivity contribution in [2.45, 2.75) is 6.92 Å². The molecule has 0 saturated carbocycles. The highest BCUT2D eigenvalue weighted by molar-refractivity contribution is 6.05. The van der Waals surface area contributed by atoms with Crippen molar-refractivity contribution in [3.8, 4) is 5.75 Å². The highest BCUT2D eigenvalue weighted by Crippen LogP contribution is 2.34. The number of hydrogen-bond donors (Lipinski definition) is 0. The number of ether oxygens (including phenoxy) is 2. The van der Waals surface area contributed by atoms with E-state index in [-0.39, 0.29) is 12.5 Å². The molecule has 0 atom stereocenters. The molecule has 17 heavy (non-hydrogen) atoms. The Morgan fingerprint density at radius 1 is 1.53 bits per heavy atom. The number of nitrogens with zero attached hydrogens (tertiary/aromatic N) is 1. The number of amides is 1. The van der Waals surface area contributed by atoms with Crippen LogP contribution < -0.4 is 9.64 Å². The molecule has 0 N–H and O–H groups in total. The summed E-state index contributed by atoms with van der Waals surface area (Å²) >= 11 is 0. The van der Waals surface area contributed by atoms with Gasteiger partial charge in [-0.1, -0.05) is 6.07 Å². The van der Waals surface area contributed by atoms with Crippen molar-refractivity contribution >= 4 is 17.6 Å². The van der Waals surface area contributed by atoms with Crippen molar-refractivity contribution < 1.29 is 19.1 Å². The molecule has 1 aliphatic heterocycles. The monoisotopic (exact) mass is 235 g/mol. The molecule has 0 aromatic heterocycles. The molecule has 1 aromatic rings. The fourth-order valence-electron chi connectivity index (χ4n) is 1.72. The first kappa shape index (κ1) is 11.4. The van der Waals surface area contributed by atoms with Gasteiger partial charge in [0.1, 0.15) is 11.4 Å². The molecule has 0 fully saturated rings. The van der Waals surface area contributed by atoms with Crippen LogP contribution in [0, 0.1) is 0 Å². The van der Waals surface area contributed by atoms with Gasteiger partial charge >= 0.3 is 5.97 Å². The van der Waals surface area contributed by atoms with Gasteiger partial charge < -0.3 is 14.4 Å². The second-order valence-corrected chi connectivity index (χ2v) is 3.61. The molecule has 0 saturated heterocycles. The standard InChI is InChI=1S/C12H13NO4/c1-3-16-12(15)8-5-4-6-9-11(8)13(2)10(14)7-17-9/h4-6H,3,7H2,1-2H3. The minimum Gasteiger partial charge on any atom is -0.482 e. The Kier molecular flexibility index (Phi) is 2.99. The second kappa shape index (κ2) is 4.45. The molecule has 5 nitrogen and oxygen atoms in total. The predicted octanol–water partition coefficient (Wildman–Crippen LogP) is 1.22. The number of rotatable bonds is 2. The molecule has 0 aliphatic carbocycles. The number of benzene rings is 1. The minimum atomic E-state index is -0.450. The smallest absolute Gasteiger partial charge is 0.340 e. The molecule has 0 unspecified atom stereocenters. The fraction of sp³-hybridized carbons (Fsp3) is 0.333. The summed E-state index contributed by atoms with van der Waals surface area (Å²) in [4.78, 5) is 24.7. The largest absolute Gasteiger partial charge is 0.482 e. The summed E-state index contributed by atoms with van der Waals surface area (Å²) in [7, 11) is 1.62. The molecule has 1 amide bonds. The number of hydrogen-bond acceptors (Lipinski definition) is 4. The molecule has 0 bridgehead atoms. The Hall–Kier alpha value is -2.04. The zero-order valence-corrected chi connectivity index (χ0v) is 9.73. The highest BCUT2D eigenvalue weighted by Gasteiger charge is 2.27. The first-order chi connectivity index (χ1) is 8.15. The van der Waals surface area contributed by atoms with E-state index in [0.717, 1.165) is 0 Å². The summed E-state index contributed by atoms with van der Waals surface area (Å²) in [5.74, 6) is -0.110. The van der Waals surface area contributed by atoms with Gasteiger partial charge in [-0.3, -0.25) is 4.79 Å². The van der Waals surface area contributed by atoms with E-state index in [1.807, 2.05) is 0 Å². The van der Waals surface area contributed by atoms with Gasteiger partial charge in [0, 0.05) is 7.05 Å². The van der Waals surface area contributed by atoms with Crippen molar-refractivity contribution in [1.29, 1.82) is 0 Å². The van der Waals surface area contributed by atoms with E-state index in [1.54, 1.807) is 32.2 Å². The Morgan fingerprint density at radius 3 is 3.00 bits per heavy atom. The first-order valence-electron chi connectivity index (χ1n) is 5.34. The average molecular weight is 235 g/mol. The van der Waals surface area contributed by atoms with Gasteiger partial charge in [-0.2, -0.15) is 0 Å². The third-order valence-electron chi connectivity index (χ3n) is 2.56. The number of para-hydroxylation sites is 1. The van der Waals surface area contributed by atoms with Crippen molar-refractivity contribution in [2.75, 3.05) is 25.2 Å².